The molecule has 0 aliphatic rings. The molecule has 4 rings (SSSR count). The van der Waals surface area contributed by atoms with E-state index in [0.29, 0.717) is 28.1 Å². The quantitative estimate of drug-likeness (QED) is 0.122. The summed E-state index contributed by atoms with van der Waals surface area (Å²) in [6.45, 7) is 1.28. The third kappa shape index (κ3) is 5.53. The molecule has 9 nitrogen and oxygen atoms in total. The molecular formula is C26H20N4O5. The van der Waals surface area contributed by atoms with Crippen molar-refractivity contribution in [3.05, 3.63) is 112 Å². The second-order valence-electron chi connectivity index (χ2n) is 7.61. The minimum Gasteiger partial charge on any atom is -0.454 e. The number of nitro groups is 1. The number of carbonyl (C=O) groups is 2. The molecule has 0 spiro atoms. The minimum atomic E-state index is -0.613. The largest absolute Gasteiger partial charge is 0.454 e. The average molecular weight is 468 g/mol. The Labute approximate surface area is 200 Å². The monoisotopic (exact) mass is 468 g/mol. The SMILES string of the molecule is Cc1ccc(-c2cnnn2-c2ccc(C(=O)COC(=O)C=Cc3ccccc3)cc2)cc1[N+](=O)[O-]. The van der Waals surface area contributed by atoms with Gasteiger partial charge in [0.15, 0.2) is 12.4 Å². The second kappa shape index (κ2) is 10.3. The first kappa shape index (κ1) is 23.2. The third-order valence-corrected chi connectivity index (χ3v) is 5.24. The van der Waals surface area contributed by atoms with E-state index in [0.717, 1.165) is 5.56 Å². The molecule has 0 atom stereocenters. The standard InChI is InChI=1S/C26H20N4O5/c1-18-7-9-21(15-23(18)30(33)34)24-16-27-28-29(24)22-12-10-20(11-13-22)25(31)17-35-26(32)14-8-19-5-3-2-4-6-19/h2-16H,17H2,1H3. The molecule has 0 aliphatic carbocycles. The molecule has 4 aromatic rings. The van der Waals surface area contributed by atoms with Crippen molar-refractivity contribution < 1.29 is 19.2 Å². The van der Waals surface area contributed by atoms with E-state index in [-0.39, 0.29) is 18.1 Å². The zero-order valence-corrected chi connectivity index (χ0v) is 18.7. The maximum Gasteiger partial charge on any atom is 0.331 e. The Bertz CT molecular complexity index is 1410. The molecule has 1 heterocycles. The molecule has 0 unspecified atom stereocenters. The van der Waals surface area contributed by atoms with Gasteiger partial charge in [-0.1, -0.05) is 47.7 Å². The molecule has 0 radical (unpaired) electrons. The Morgan fingerprint density at radius 1 is 1.06 bits per heavy atom. The van der Waals surface area contributed by atoms with Crippen LogP contribution in [0.4, 0.5) is 5.69 Å². The Morgan fingerprint density at radius 2 is 1.80 bits per heavy atom. The lowest BCUT2D eigenvalue weighted by atomic mass is 10.1. The summed E-state index contributed by atoms with van der Waals surface area (Å²) in [7, 11) is 0. The van der Waals surface area contributed by atoms with E-state index in [1.54, 1.807) is 49.4 Å². The van der Waals surface area contributed by atoms with Gasteiger partial charge in [-0.3, -0.25) is 14.9 Å². The van der Waals surface area contributed by atoms with Gasteiger partial charge in [-0.05, 0) is 42.8 Å². The molecular weight excluding hydrogens is 448 g/mol. The van der Waals surface area contributed by atoms with Crippen molar-refractivity contribution in [2.45, 2.75) is 6.92 Å². The van der Waals surface area contributed by atoms with Gasteiger partial charge >= 0.3 is 5.97 Å². The number of hydrogen-bond donors (Lipinski definition) is 0. The lowest BCUT2D eigenvalue weighted by molar-refractivity contribution is -0.385. The highest BCUT2D eigenvalue weighted by Gasteiger charge is 2.16. The number of nitrogens with zero attached hydrogens (tertiary/aromatic N) is 4. The molecule has 0 N–H and O–H groups in total. The van der Waals surface area contributed by atoms with Crippen LogP contribution in [0.2, 0.25) is 0 Å². The summed E-state index contributed by atoms with van der Waals surface area (Å²) in [6, 6.07) is 20.7. The first-order valence-electron chi connectivity index (χ1n) is 10.6. The van der Waals surface area contributed by atoms with Crippen molar-refractivity contribution in [3.63, 3.8) is 0 Å². The van der Waals surface area contributed by atoms with Gasteiger partial charge in [-0.2, -0.15) is 0 Å². The summed E-state index contributed by atoms with van der Waals surface area (Å²) in [6.07, 6.45) is 4.39. The molecule has 0 aliphatic heterocycles. The topological polar surface area (TPSA) is 117 Å². The van der Waals surface area contributed by atoms with E-state index in [4.69, 9.17) is 4.74 Å². The van der Waals surface area contributed by atoms with Crippen LogP contribution in [0.5, 0.6) is 0 Å². The average Bonchev–Trinajstić information content (AvgIpc) is 3.37. The maximum absolute atomic E-state index is 12.4. The smallest absolute Gasteiger partial charge is 0.331 e. The number of nitro benzene ring substituents is 1. The van der Waals surface area contributed by atoms with E-state index in [9.17, 15) is 19.7 Å². The predicted octanol–water partition coefficient (Wildman–Crippen LogP) is 4.59. The Balaban J connectivity index is 1.44. The van der Waals surface area contributed by atoms with Crippen molar-refractivity contribution in [1.29, 1.82) is 0 Å². The van der Waals surface area contributed by atoms with Crippen LogP contribution in [0.15, 0.2) is 85.1 Å². The fraction of sp³-hybridized carbons (Fsp3) is 0.0769. The highest BCUT2D eigenvalue weighted by molar-refractivity contribution is 5.99. The Hall–Kier alpha value is -4.92. The fourth-order valence-corrected chi connectivity index (χ4v) is 3.37. The first-order chi connectivity index (χ1) is 16.9. The number of aromatic nitrogens is 3. The molecule has 174 valence electrons. The summed E-state index contributed by atoms with van der Waals surface area (Å²) < 4.78 is 6.57. The van der Waals surface area contributed by atoms with Gasteiger partial charge < -0.3 is 4.74 Å². The van der Waals surface area contributed by atoms with Crippen molar-refractivity contribution in [3.8, 4) is 16.9 Å². The van der Waals surface area contributed by atoms with Gasteiger partial charge in [0.1, 0.15) is 0 Å². The molecule has 35 heavy (non-hydrogen) atoms. The molecule has 9 heteroatoms. The van der Waals surface area contributed by atoms with Crippen LogP contribution in [-0.4, -0.2) is 38.3 Å². The summed E-state index contributed by atoms with van der Waals surface area (Å²) in [5.41, 5.74) is 3.52. The summed E-state index contributed by atoms with van der Waals surface area (Å²) in [5.74, 6) is -0.968. The lowest BCUT2D eigenvalue weighted by Crippen LogP contribution is -2.12. The molecule has 0 saturated carbocycles. The number of hydrogen-bond acceptors (Lipinski definition) is 7. The van der Waals surface area contributed by atoms with E-state index in [1.807, 2.05) is 30.3 Å². The first-order valence-corrected chi connectivity index (χ1v) is 10.6. The van der Waals surface area contributed by atoms with Gasteiger partial charge in [0.25, 0.3) is 5.69 Å². The van der Waals surface area contributed by atoms with Gasteiger partial charge in [-0.15, -0.1) is 5.10 Å². The summed E-state index contributed by atoms with van der Waals surface area (Å²) in [5, 5.41) is 19.3. The number of esters is 1. The van der Waals surface area contributed by atoms with Gasteiger partial charge in [0.05, 0.1) is 22.5 Å². The summed E-state index contributed by atoms with van der Waals surface area (Å²) >= 11 is 0. The normalized spacial score (nSPS) is 10.9. The predicted molar refractivity (Wildman–Crippen MR) is 129 cm³/mol. The van der Waals surface area contributed by atoms with E-state index in [2.05, 4.69) is 10.3 Å². The molecule has 0 amide bonds. The highest BCUT2D eigenvalue weighted by atomic mass is 16.6. The number of ketones is 1. The van der Waals surface area contributed by atoms with Crippen LogP contribution in [0.3, 0.4) is 0 Å². The second-order valence-corrected chi connectivity index (χ2v) is 7.61. The number of Topliss-reactive ketones (excluding diaryl/α,β-unsaturated/α-hetero) is 1. The van der Waals surface area contributed by atoms with Crippen LogP contribution in [0.25, 0.3) is 23.0 Å². The Kier molecular flexibility index (Phi) is 6.87. The minimum absolute atomic E-state index is 0.00403. The zero-order chi connectivity index (χ0) is 24.8. The number of rotatable bonds is 8. The molecule has 1 aromatic heterocycles. The molecule has 3 aromatic carbocycles. The van der Waals surface area contributed by atoms with Crippen LogP contribution < -0.4 is 0 Å². The number of carbonyl (C=O) groups excluding carboxylic acids is 2. The zero-order valence-electron chi connectivity index (χ0n) is 18.7. The molecule has 0 fully saturated rings. The lowest BCUT2D eigenvalue weighted by Gasteiger charge is -2.08. The van der Waals surface area contributed by atoms with Gasteiger partial charge in [0, 0.05) is 28.8 Å². The molecule has 0 saturated heterocycles. The fourth-order valence-electron chi connectivity index (χ4n) is 3.37. The van der Waals surface area contributed by atoms with Crippen molar-refractivity contribution in [1.82, 2.24) is 15.0 Å². The third-order valence-electron chi connectivity index (χ3n) is 5.24. The number of ether oxygens (including phenoxy) is 1. The number of benzene rings is 3. The maximum atomic E-state index is 12.4. The van der Waals surface area contributed by atoms with Crippen LogP contribution in [0.1, 0.15) is 21.5 Å². The van der Waals surface area contributed by atoms with Crippen LogP contribution >= 0.6 is 0 Å². The molecule has 0 bridgehead atoms. The van der Waals surface area contributed by atoms with E-state index >= 15 is 0 Å². The van der Waals surface area contributed by atoms with Crippen molar-refractivity contribution in [2.24, 2.45) is 0 Å². The van der Waals surface area contributed by atoms with E-state index < -0.39 is 10.9 Å². The summed E-state index contributed by atoms with van der Waals surface area (Å²) in [4.78, 5) is 35.2. The van der Waals surface area contributed by atoms with Gasteiger partial charge in [0.2, 0.25) is 0 Å². The van der Waals surface area contributed by atoms with Crippen molar-refractivity contribution >= 4 is 23.5 Å². The highest BCUT2D eigenvalue weighted by Crippen LogP contribution is 2.27. The van der Waals surface area contributed by atoms with Crippen LogP contribution in [-0.2, 0) is 9.53 Å². The van der Waals surface area contributed by atoms with Crippen LogP contribution in [0, 0.1) is 17.0 Å². The number of aryl methyl sites for hydroxylation is 1. The van der Waals surface area contributed by atoms with Gasteiger partial charge in [-0.25, -0.2) is 9.48 Å². The Morgan fingerprint density at radius 3 is 2.51 bits per heavy atom. The van der Waals surface area contributed by atoms with Crippen molar-refractivity contribution in [2.75, 3.05) is 6.61 Å². The van der Waals surface area contributed by atoms with E-state index in [1.165, 1.54) is 23.0 Å².